The summed E-state index contributed by atoms with van der Waals surface area (Å²) in [5, 5.41) is 13.6. The predicted molar refractivity (Wildman–Crippen MR) is 76.1 cm³/mol. The molecule has 1 aromatic heterocycles. The zero-order valence-electron chi connectivity index (χ0n) is 12.0. The van der Waals surface area contributed by atoms with Gasteiger partial charge in [0.05, 0.1) is 18.8 Å². The standard InChI is InChI=1S/C13H19NO5S/c1-5-18-11(16)9-8(6-15)7-20-10(9)14-12(17)19-13(2,3)4/h7,15H,5-6H2,1-4H3,(H,14,17). The number of anilines is 1. The minimum absolute atomic E-state index is 0.171. The lowest BCUT2D eigenvalue weighted by Crippen LogP contribution is -2.27. The van der Waals surface area contributed by atoms with Crippen molar-refractivity contribution >= 4 is 28.4 Å². The Morgan fingerprint density at radius 2 is 2.05 bits per heavy atom. The normalized spacial score (nSPS) is 11.1. The van der Waals surface area contributed by atoms with E-state index in [1.54, 1.807) is 33.1 Å². The van der Waals surface area contributed by atoms with Crippen LogP contribution in [0.25, 0.3) is 0 Å². The maximum Gasteiger partial charge on any atom is 0.412 e. The molecule has 0 aliphatic rings. The van der Waals surface area contributed by atoms with Gasteiger partial charge >= 0.3 is 12.1 Å². The van der Waals surface area contributed by atoms with E-state index in [-0.39, 0.29) is 18.8 Å². The van der Waals surface area contributed by atoms with Gasteiger partial charge in [0.2, 0.25) is 0 Å². The molecule has 0 radical (unpaired) electrons. The van der Waals surface area contributed by atoms with Crippen molar-refractivity contribution in [3.05, 3.63) is 16.5 Å². The van der Waals surface area contributed by atoms with Crippen LogP contribution in [0.1, 0.15) is 43.6 Å². The van der Waals surface area contributed by atoms with Gasteiger partial charge in [-0.25, -0.2) is 9.59 Å². The summed E-state index contributed by atoms with van der Waals surface area (Å²) in [5.74, 6) is -0.580. The predicted octanol–water partition coefficient (Wildman–Crippen LogP) is 2.76. The number of amides is 1. The largest absolute Gasteiger partial charge is 0.462 e. The zero-order chi connectivity index (χ0) is 15.3. The Morgan fingerprint density at radius 3 is 2.55 bits per heavy atom. The summed E-state index contributed by atoms with van der Waals surface area (Å²) < 4.78 is 10.0. The molecule has 0 spiro atoms. The minimum Gasteiger partial charge on any atom is -0.462 e. The van der Waals surface area contributed by atoms with Crippen LogP contribution < -0.4 is 5.32 Å². The summed E-state index contributed by atoms with van der Waals surface area (Å²) in [7, 11) is 0. The van der Waals surface area contributed by atoms with Crippen LogP contribution in [0.15, 0.2) is 5.38 Å². The van der Waals surface area contributed by atoms with Crippen molar-refractivity contribution in [1.82, 2.24) is 0 Å². The molecule has 7 heteroatoms. The molecule has 0 aliphatic heterocycles. The third kappa shape index (κ3) is 4.50. The van der Waals surface area contributed by atoms with Crippen LogP contribution in [0.2, 0.25) is 0 Å². The molecule has 0 saturated carbocycles. The van der Waals surface area contributed by atoms with E-state index in [1.807, 2.05) is 0 Å². The van der Waals surface area contributed by atoms with E-state index in [9.17, 15) is 14.7 Å². The van der Waals surface area contributed by atoms with Crippen LogP contribution in [-0.2, 0) is 16.1 Å². The molecule has 20 heavy (non-hydrogen) atoms. The third-order valence-corrected chi connectivity index (χ3v) is 3.08. The maximum atomic E-state index is 11.9. The van der Waals surface area contributed by atoms with Gasteiger partial charge in [0.1, 0.15) is 10.6 Å². The number of carbonyl (C=O) groups is 2. The van der Waals surface area contributed by atoms with Crippen molar-refractivity contribution in [2.24, 2.45) is 0 Å². The Bertz CT molecular complexity index is 489. The molecule has 0 saturated heterocycles. The van der Waals surface area contributed by atoms with Crippen molar-refractivity contribution in [3.8, 4) is 0 Å². The second kappa shape index (κ2) is 6.71. The molecule has 1 heterocycles. The zero-order valence-corrected chi connectivity index (χ0v) is 12.8. The van der Waals surface area contributed by atoms with E-state index in [0.717, 1.165) is 11.3 Å². The second-order valence-electron chi connectivity index (χ2n) is 4.97. The number of ether oxygens (including phenoxy) is 2. The molecule has 0 aromatic carbocycles. The molecule has 2 N–H and O–H groups in total. The van der Waals surface area contributed by atoms with Crippen LogP contribution in [0, 0.1) is 0 Å². The van der Waals surface area contributed by atoms with Crippen LogP contribution in [0.3, 0.4) is 0 Å². The number of thiophene rings is 1. The summed E-state index contributed by atoms with van der Waals surface area (Å²) >= 11 is 1.14. The minimum atomic E-state index is -0.658. The lowest BCUT2D eigenvalue weighted by Gasteiger charge is -2.19. The maximum absolute atomic E-state index is 11.9. The van der Waals surface area contributed by atoms with Gasteiger partial charge in [0.25, 0.3) is 0 Å². The van der Waals surface area contributed by atoms with Gasteiger partial charge < -0.3 is 14.6 Å². The van der Waals surface area contributed by atoms with Crippen molar-refractivity contribution in [1.29, 1.82) is 0 Å². The fraction of sp³-hybridized carbons (Fsp3) is 0.538. The molecule has 0 unspecified atom stereocenters. The number of rotatable bonds is 4. The highest BCUT2D eigenvalue weighted by atomic mass is 32.1. The Labute approximate surface area is 121 Å². The number of aliphatic hydroxyl groups is 1. The first kappa shape index (κ1) is 16.5. The quantitative estimate of drug-likeness (QED) is 0.835. The van der Waals surface area contributed by atoms with Gasteiger partial charge in [-0.05, 0) is 33.1 Å². The van der Waals surface area contributed by atoms with Crippen molar-refractivity contribution in [2.75, 3.05) is 11.9 Å². The van der Waals surface area contributed by atoms with E-state index in [1.165, 1.54) is 0 Å². The van der Waals surface area contributed by atoms with Gasteiger partial charge in [-0.1, -0.05) is 0 Å². The highest BCUT2D eigenvalue weighted by Crippen LogP contribution is 2.29. The topological polar surface area (TPSA) is 84.9 Å². The number of hydrogen-bond acceptors (Lipinski definition) is 6. The summed E-state index contributed by atoms with van der Waals surface area (Å²) in [6.07, 6.45) is -0.658. The summed E-state index contributed by atoms with van der Waals surface area (Å²) in [6, 6.07) is 0. The van der Waals surface area contributed by atoms with Crippen molar-refractivity contribution < 1.29 is 24.2 Å². The molecule has 0 bridgehead atoms. The fourth-order valence-corrected chi connectivity index (χ4v) is 2.35. The average Bonchev–Trinajstić information content (AvgIpc) is 2.69. The third-order valence-electron chi connectivity index (χ3n) is 2.13. The first-order chi connectivity index (χ1) is 9.28. The van der Waals surface area contributed by atoms with Gasteiger partial charge in [-0.3, -0.25) is 5.32 Å². The van der Waals surface area contributed by atoms with Crippen LogP contribution in [0.4, 0.5) is 9.80 Å². The molecule has 0 atom stereocenters. The first-order valence-electron chi connectivity index (χ1n) is 6.16. The van der Waals surface area contributed by atoms with Crippen molar-refractivity contribution in [2.45, 2.75) is 39.9 Å². The monoisotopic (exact) mass is 301 g/mol. The smallest absolute Gasteiger partial charge is 0.412 e. The number of esters is 1. The number of hydrogen-bond donors (Lipinski definition) is 2. The number of aliphatic hydroxyl groups excluding tert-OH is 1. The van der Waals surface area contributed by atoms with E-state index in [2.05, 4.69) is 5.32 Å². The van der Waals surface area contributed by atoms with Crippen LogP contribution in [0.5, 0.6) is 0 Å². The van der Waals surface area contributed by atoms with Crippen molar-refractivity contribution in [3.63, 3.8) is 0 Å². The molecule has 0 fully saturated rings. The molecule has 0 aliphatic carbocycles. The van der Waals surface area contributed by atoms with Gasteiger partial charge in [-0.2, -0.15) is 0 Å². The highest BCUT2D eigenvalue weighted by Gasteiger charge is 2.23. The van der Waals surface area contributed by atoms with Gasteiger partial charge in [0.15, 0.2) is 0 Å². The Hall–Kier alpha value is -1.60. The SMILES string of the molecule is CCOC(=O)c1c(CO)csc1NC(=O)OC(C)(C)C. The Balaban J connectivity index is 2.93. The molecule has 1 aromatic rings. The molecule has 112 valence electrons. The van der Waals surface area contributed by atoms with E-state index < -0.39 is 17.7 Å². The second-order valence-corrected chi connectivity index (χ2v) is 5.85. The first-order valence-corrected chi connectivity index (χ1v) is 7.04. The van der Waals surface area contributed by atoms with E-state index >= 15 is 0 Å². The molecule has 1 rings (SSSR count). The molecule has 6 nitrogen and oxygen atoms in total. The molecule has 1 amide bonds. The fourth-order valence-electron chi connectivity index (χ4n) is 1.43. The molecular weight excluding hydrogens is 282 g/mol. The van der Waals surface area contributed by atoms with Gasteiger partial charge in [-0.15, -0.1) is 11.3 Å². The van der Waals surface area contributed by atoms with Gasteiger partial charge in [0, 0.05) is 5.56 Å². The summed E-state index contributed by atoms with van der Waals surface area (Å²) in [5.41, 5.74) is -0.0460. The lowest BCUT2D eigenvalue weighted by atomic mass is 10.2. The summed E-state index contributed by atoms with van der Waals surface area (Å²) in [4.78, 5) is 23.6. The van der Waals surface area contributed by atoms with E-state index in [0.29, 0.717) is 10.6 Å². The average molecular weight is 301 g/mol. The van der Waals surface area contributed by atoms with E-state index in [4.69, 9.17) is 9.47 Å². The molecular formula is C13H19NO5S. The number of nitrogens with one attached hydrogen (secondary N) is 1. The van der Waals surface area contributed by atoms with Crippen LogP contribution >= 0.6 is 11.3 Å². The Morgan fingerprint density at radius 1 is 1.40 bits per heavy atom. The Kier molecular flexibility index (Phi) is 5.52. The van der Waals surface area contributed by atoms with Crippen LogP contribution in [-0.4, -0.2) is 29.4 Å². The lowest BCUT2D eigenvalue weighted by molar-refractivity contribution is 0.0524. The number of carbonyl (C=O) groups excluding carboxylic acids is 2. The highest BCUT2D eigenvalue weighted by molar-refractivity contribution is 7.15. The summed E-state index contributed by atoms with van der Waals surface area (Å²) in [6.45, 7) is 6.82.